The van der Waals surface area contributed by atoms with E-state index < -0.39 is 11.6 Å². The Hall–Kier alpha value is -1.74. The molecule has 3 heteroatoms. The predicted molar refractivity (Wildman–Crippen MR) is 68.1 cm³/mol. The molecule has 2 rings (SSSR count). The second kappa shape index (κ2) is 5.74. The van der Waals surface area contributed by atoms with Crippen molar-refractivity contribution in [2.75, 3.05) is 0 Å². The highest BCUT2D eigenvalue weighted by molar-refractivity contribution is 5.21. The molecule has 0 aromatic heterocycles. The molecule has 2 aromatic rings. The highest BCUT2D eigenvalue weighted by Gasteiger charge is 2.10. The van der Waals surface area contributed by atoms with E-state index in [1.165, 1.54) is 18.2 Å². The summed E-state index contributed by atoms with van der Waals surface area (Å²) in [5.41, 5.74) is 1.18. The Labute approximate surface area is 105 Å². The van der Waals surface area contributed by atoms with E-state index in [0.717, 1.165) is 5.56 Å². The lowest BCUT2D eigenvalue weighted by atomic mass is 10.1. The molecule has 94 valence electrons. The first kappa shape index (κ1) is 12.7. The van der Waals surface area contributed by atoms with Crippen LogP contribution in [0.3, 0.4) is 0 Å². The van der Waals surface area contributed by atoms with Crippen molar-refractivity contribution in [3.63, 3.8) is 0 Å². The van der Waals surface area contributed by atoms with Crippen LogP contribution in [-0.4, -0.2) is 0 Å². The van der Waals surface area contributed by atoms with Crippen molar-refractivity contribution >= 4 is 0 Å². The summed E-state index contributed by atoms with van der Waals surface area (Å²) in [6, 6.07) is 13.7. The van der Waals surface area contributed by atoms with E-state index in [1.54, 1.807) is 0 Å². The molecule has 0 aliphatic carbocycles. The second-order valence-electron chi connectivity index (χ2n) is 4.21. The lowest BCUT2D eigenvalue weighted by Crippen LogP contribution is -2.19. The van der Waals surface area contributed by atoms with Crippen molar-refractivity contribution in [2.24, 2.45) is 0 Å². The largest absolute Gasteiger partial charge is 0.306 e. The molecule has 0 radical (unpaired) electrons. The molecule has 1 nitrogen and oxygen atoms in total. The minimum absolute atomic E-state index is 0.0465. The number of hydrogen-bond acceptors (Lipinski definition) is 1. The Bertz CT molecular complexity index is 491. The fraction of sp³-hybridized carbons (Fsp3) is 0.200. The van der Waals surface area contributed by atoms with Crippen molar-refractivity contribution in [3.8, 4) is 0 Å². The van der Waals surface area contributed by atoms with Crippen LogP contribution in [0.25, 0.3) is 0 Å². The van der Waals surface area contributed by atoms with Crippen LogP contribution in [0.4, 0.5) is 8.78 Å². The van der Waals surface area contributed by atoms with Gasteiger partial charge in [0.1, 0.15) is 11.6 Å². The minimum Gasteiger partial charge on any atom is -0.306 e. The summed E-state index contributed by atoms with van der Waals surface area (Å²) in [5, 5.41) is 3.12. The molecule has 0 amide bonds. The average molecular weight is 247 g/mol. The van der Waals surface area contributed by atoms with Gasteiger partial charge in [-0.2, -0.15) is 0 Å². The van der Waals surface area contributed by atoms with Gasteiger partial charge in [0.15, 0.2) is 0 Å². The highest BCUT2D eigenvalue weighted by atomic mass is 19.1. The van der Waals surface area contributed by atoms with E-state index >= 15 is 0 Å². The first-order valence-corrected chi connectivity index (χ1v) is 5.89. The summed E-state index contributed by atoms with van der Waals surface area (Å²) in [7, 11) is 0. The third-order valence-corrected chi connectivity index (χ3v) is 2.95. The Kier molecular flexibility index (Phi) is 4.05. The Morgan fingerprint density at radius 2 is 1.56 bits per heavy atom. The SMILES string of the molecule is CC(NCc1c(F)cccc1F)c1ccccc1. The third-order valence-electron chi connectivity index (χ3n) is 2.95. The summed E-state index contributed by atoms with van der Waals surface area (Å²) in [5.74, 6) is -1.02. The molecule has 1 atom stereocenters. The Morgan fingerprint density at radius 3 is 2.17 bits per heavy atom. The minimum atomic E-state index is -0.511. The number of rotatable bonds is 4. The quantitative estimate of drug-likeness (QED) is 0.866. The van der Waals surface area contributed by atoms with Crippen molar-refractivity contribution < 1.29 is 8.78 Å². The van der Waals surface area contributed by atoms with Gasteiger partial charge in [-0.1, -0.05) is 36.4 Å². The van der Waals surface area contributed by atoms with Gasteiger partial charge in [-0.25, -0.2) is 8.78 Å². The highest BCUT2D eigenvalue weighted by Crippen LogP contribution is 2.15. The number of hydrogen-bond donors (Lipinski definition) is 1. The van der Waals surface area contributed by atoms with Gasteiger partial charge in [0.25, 0.3) is 0 Å². The summed E-state index contributed by atoms with van der Waals surface area (Å²) in [4.78, 5) is 0. The van der Waals surface area contributed by atoms with Crippen molar-refractivity contribution in [1.29, 1.82) is 0 Å². The number of halogens is 2. The lowest BCUT2D eigenvalue weighted by Gasteiger charge is -2.14. The van der Waals surface area contributed by atoms with Crippen LogP contribution in [0.2, 0.25) is 0 Å². The molecule has 0 aliphatic heterocycles. The number of benzene rings is 2. The van der Waals surface area contributed by atoms with Crippen molar-refractivity contribution in [3.05, 3.63) is 71.3 Å². The monoisotopic (exact) mass is 247 g/mol. The van der Waals surface area contributed by atoms with E-state index in [1.807, 2.05) is 37.3 Å². The average Bonchev–Trinajstić information content (AvgIpc) is 2.39. The van der Waals surface area contributed by atoms with Gasteiger partial charge in [0.05, 0.1) is 0 Å². The molecular formula is C15H15F2N. The number of nitrogens with one attached hydrogen (secondary N) is 1. The van der Waals surface area contributed by atoms with Crippen LogP contribution < -0.4 is 5.32 Å². The predicted octanol–water partition coefficient (Wildman–Crippen LogP) is 3.82. The zero-order valence-electron chi connectivity index (χ0n) is 10.2. The van der Waals surface area contributed by atoms with Crippen LogP contribution in [-0.2, 0) is 6.54 Å². The molecule has 18 heavy (non-hydrogen) atoms. The molecule has 0 saturated heterocycles. The third kappa shape index (κ3) is 2.93. The topological polar surface area (TPSA) is 12.0 Å². The summed E-state index contributed by atoms with van der Waals surface area (Å²) in [6.07, 6.45) is 0. The van der Waals surface area contributed by atoms with E-state index in [2.05, 4.69) is 5.32 Å². The maximum Gasteiger partial charge on any atom is 0.130 e. The molecule has 1 unspecified atom stereocenters. The summed E-state index contributed by atoms with van der Waals surface area (Å²) < 4.78 is 26.8. The Morgan fingerprint density at radius 1 is 0.944 bits per heavy atom. The van der Waals surface area contributed by atoms with E-state index in [-0.39, 0.29) is 18.2 Å². The van der Waals surface area contributed by atoms with Gasteiger partial charge in [-0.15, -0.1) is 0 Å². The maximum absolute atomic E-state index is 13.4. The maximum atomic E-state index is 13.4. The molecule has 2 aromatic carbocycles. The van der Waals surface area contributed by atoms with E-state index in [9.17, 15) is 8.78 Å². The van der Waals surface area contributed by atoms with E-state index in [4.69, 9.17) is 0 Å². The fourth-order valence-corrected chi connectivity index (χ4v) is 1.82. The fourth-order valence-electron chi connectivity index (χ4n) is 1.82. The van der Waals surface area contributed by atoms with Crippen LogP contribution in [0.15, 0.2) is 48.5 Å². The molecule has 0 aliphatic rings. The summed E-state index contributed by atoms with van der Waals surface area (Å²) >= 11 is 0. The second-order valence-corrected chi connectivity index (χ2v) is 4.21. The smallest absolute Gasteiger partial charge is 0.130 e. The van der Waals surface area contributed by atoms with E-state index in [0.29, 0.717) is 0 Å². The molecule has 0 fully saturated rings. The van der Waals surface area contributed by atoms with Gasteiger partial charge < -0.3 is 5.32 Å². The molecule has 0 saturated carbocycles. The van der Waals surface area contributed by atoms with Gasteiger partial charge in [-0.3, -0.25) is 0 Å². The normalized spacial score (nSPS) is 12.4. The zero-order chi connectivity index (χ0) is 13.0. The van der Waals surface area contributed by atoms with Gasteiger partial charge in [0, 0.05) is 18.2 Å². The van der Waals surface area contributed by atoms with Crippen LogP contribution >= 0.6 is 0 Å². The molecular weight excluding hydrogens is 232 g/mol. The first-order chi connectivity index (χ1) is 8.68. The Balaban J connectivity index is 2.04. The molecule has 0 heterocycles. The van der Waals surface area contributed by atoms with Crippen LogP contribution in [0, 0.1) is 11.6 Å². The zero-order valence-corrected chi connectivity index (χ0v) is 10.2. The van der Waals surface area contributed by atoms with Gasteiger partial charge in [-0.05, 0) is 24.6 Å². The molecule has 0 bridgehead atoms. The molecule has 1 N–H and O–H groups in total. The van der Waals surface area contributed by atoms with Gasteiger partial charge in [0.2, 0.25) is 0 Å². The molecule has 0 spiro atoms. The van der Waals surface area contributed by atoms with Crippen molar-refractivity contribution in [2.45, 2.75) is 19.5 Å². The van der Waals surface area contributed by atoms with Gasteiger partial charge >= 0.3 is 0 Å². The summed E-state index contributed by atoms with van der Waals surface area (Å²) in [6.45, 7) is 2.14. The van der Waals surface area contributed by atoms with Crippen LogP contribution in [0.5, 0.6) is 0 Å². The van der Waals surface area contributed by atoms with Crippen LogP contribution in [0.1, 0.15) is 24.1 Å². The lowest BCUT2D eigenvalue weighted by molar-refractivity contribution is 0.509. The first-order valence-electron chi connectivity index (χ1n) is 5.89. The standard InChI is InChI=1S/C15H15F2N/c1-11(12-6-3-2-4-7-12)18-10-13-14(16)8-5-9-15(13)17/h2-9,11,18H,10H2,1H3. The van der Waals surface area contributed by atoms with Crippen molar-refractivity contribution in [1.82, 2.24) is 5.32 Å².